The summed E-state index contributed by atoms with van der Waals surface area (Å²) < 4.78 is 1.93. The van der Waals surface area contributed by atoms with Crippen LogP contribution in [0.3, 0.4) is 0 Å². The van der Waals surface area contributed by atoms with Gasteiger partial charge < -0.3 is 4.57 Å². The normalized spacial score (nSPS) is 12.2. The van der Waals surface area contributed by atoms with E-state index in [1.54, 1.807) is 18.3 Å². The standard InChI is InChI=1S/C44H46ClN3O3/c1-2-3-4-5-6-7-8-9-10-11-12-13-14-15-16-17-18-19-20-25-42(49)48(38-30-32-46-33-31-38)44(51)43(50)40-35-47(41-24-22-21-23-39(40)41)34-36-26-28-37(45)29-27-36/h3-4,6-7,9-10,12-13,15-16,18-19,21-24,26-33,35H,2,5,8,11,14,17,20,25,34H2,1H3/b4-3-,7-6-,10-9-,13-12-,16-15-,19-18-. The van der Waals surface area contributed by atoms with Gasteiger partial charge in [-0.1, -0.05) is 122 Å². The molecule has 2 aromatic heterocycles. The van der Waals surface area contributed by atoms with Crippen LogP contribution in [-0.2, 0) is 16.1 Å². The Bertz CT molecular complexity index is 1900. The van der Waals surface area contributed by atoms with Crippen LogP contribution < -0.4 is 4.90 Å². The molecular weight excluding hydrogens is 654 g/mol. The Hall–Kier alpha value is -5.33. The molecule has 0 fully saturated rings. The largest absolute Gasteiger partial charge is 0.342 e. The summed E-state index contributed by atoms with van der Waals surface area (Å²) >= 11 is 6.07. The highest BCUT2D eigenvalue weighted by molar-refractivity contribution is 6.52. The summed E-state index contributed by atoms with van der Waals surface area (Å²) in [5.74, 6) is -2.10. The van der Waals surface area contributed by atoms with E-state index < -0.39 is 17.6 Å². The van der Waals surface area contributed by atoms with Crippen LogP contribution in [0.15, 0.2) is 152 Å². The van der Waals surface area contributed by atoms with Crippen molar-refractivity contribution in [2.75, 3.05) is 4.90 Å². The van der Waals surface area contributed by atoms with Gasteiger partial charge >= 0.3 is 5.91 Å². The van der Waals surface area contributed by atoms with Gasteiger partial charge in [-0.15, -0.1) is 0 Å². The van der Waals surface area contributed by atoms with E-state index in [-0.39, 0.29) is 12.0 Å². The van der Waals surface area contributed by atoms with Crippen LogP contribution in [-0.4, -0.2) is 27.1 Å². The van der Waals surface area contributed by atoms with Gasteiger partial charge in [0.05, 0.1) is 11.3 Å². The number of halogens is 1. The molecule has 0 atom stereocenters. The second-order valence-corrected chi connectivity index (χ2v) is 12.3. The summed E-state index contributed by atoms with van der Waals surface area (Å²) in [4.78, 5) is 46.1. The molecule has 0 radical (unpaired) electrons. The number of ketones is 1. The number of rotatable bonds is 19. The molecule has 7 heteroatoms. The van der Waals surface area contributed by atoms with Crippen LogP contribution >= 0.6 is 11.6 Å². The van der Waals surface area contributed by atoms with Crippen molar-refractivity contribution >= 4 is 45.8 Å². The van der Waals surface area contributed by atoms with Gasteiger partial charge in [0, 0.05) is 47.5 Å². The highest BCUT2D eigenvalue weighted by Crippen LogP contribution is 2.25. The molecule has 0 bridgehead atoms. The summed E-state index contributed by atoms with van der Waals surface area (Å²) in [7, 11) is 0. The molecule has 0 spiro atoms. The number of benzene rings is 2. The minimum Gasteiger partial charge on any atom is -0.342 e. The predicted molar refractivity (Wildman–Crippen MR) is 211 cm³/mol. The number of imide groups is 1. The summed E-state index contributed by atoms with van der Waals surface area (Å²) in [6, 6.07) is 18.0. The van der Waals surface area contributed by atoms with Gasteiger partial charge in [-0.05, 0) is 80.8 Å². The van der Waals surface area contributed by atoms with E-state index in [9.17, 15) is 14.4 Å². The second kappa shape index (κ2) is 21.7. The number of pyridine rings is 1. The zero-order valence-corrected chi connectivity index (χ0v) is 30.0. The van der Waals surface area contributed by atoms with Crippen molar-refractivity contribution in [3.05, 3.63) is 168 Å². The number of amides is 2. The number of carbonyl (C=O) groups excluding carboxylic acids is 3. The van der Waals surface area contributed by atoms with E-state index >= 15 is 0 Å². The lowest BCUT2D eigenvalue weighted by atomic mass is 10.1. The predicted octanol–water partition coefficient (Wildman–Crippen LogP) is 11.0. The fraction of sp³-hybridized carbons (Fsp3) is 0.227. The Kier molecular flexibility index (Phi) is 16.4. The molecule has 0 unspecified atom stereocenters. The molecule has 0 aliphatic carbocycles. The lowest BCUT2D eigenvalue weighted by Gasteiger charge is -2.19. The Labute approximate surface area is 306 Å². The zero-order valence-electron chi connectivity index (χ0n) is 29.2. The van der Waals surface area contributed by atoms with Crippen molar-refractivity contribution < 1.29 is 14.4 Å². The molecule has 2 heterocycles. The first-order chi connectivity index (χ1) is 25.0. The minimum atomic E-state index is -0.900. The van der Waals surface area contributed by atoms with E-state index in [1.807, 2.05) is 65.3 Å². The SMILES string of the molecule is CC/C=C\C/C=C\C/C=C\C/C=C\C/C=C\C/C=C\CCC(=O)N(C(=O)C(=O)c1cn(Cc2ccc(Cl)cc2)c2ccccc12)c1ccncc1. The fourth-order valence-electron chi connectivity index (χ4n) is 5.39. The quantitative estimate of drug-likeness (QED) is 0.0555. The smallest absolute Gasteiger partial charge is 0.306 e. The number of hydrogen-bond donors (Lipinski definition) is 0. The summed E-state index contributed by atoms with van der Waals surface area (Å²) in [6.45, 7) is 2.62. The zero-order chi connectivity index (χ0) is 36.1. The number of nitrogens with zero attached hydrogens (tertiary/aromatic N) is 3. The van der Waals surface area contributed by atoms with Gasteiger partial charge in [-0.2, -0.15) is 0 Å². The minimum absolute atomic E-state index is 0.0713. The molecule has 2 aromatic carbocycles. The van der Waals surface area contributed by atoms with E-state index in [1.165, 1.54) is 12.4 Å². The average molecular weight is 700 g/mol. The molecule has 262 valence electrons. The first-order valence-electron chi connectivity index (χ1n) is 17.5. The molecule has 2 amide bonds. The van der Waals surface area contributed by atoms with Crippen LogP contribution in [0, 0.1) is 0 Å². The van der Waals surface area contributed by atoms with Crippen LogP contribution in [0.4, 0.5) is 5.69 Å². The molecule has 0 N–H and O–H groups in total. The van der Waals surface area contributed by atoms with Crippen LogP contribution in [0.25, 0.3) is 10.9 Å². The van der Waals surface area contributed by atoms with Gasteiger partial charge in [-0.25, -0.2) is 4.90 Å². The lowest BCUT2D eigenvalue weighted by molar-refractivity contribution is -0.124. The topological polar surface area (TPSA) is 72.3 Å². The third-order valence-electron chi connectivity index (χ3n) is 7.99. The number of fused-ring (bicyclic) bond motifs is 1. The number of carbonyl (C=O) groups is 3. The fourth-order valence-corrected chi connectivity index (χ4v) is 5.51. The molecule has 4 rings (SSSR count). The van der Waals surface area contributed by atoms with Crippen molar-refractivity contribution in [1.82, 2.24) is 9.55 Å². The highest BCUT2D eigenvalue weighted by atomic mass is 35.5. The van der Waals surface area contributed by atoms with E-state index in [0.717, 1.165) is 54.5 Å². The first kappa shape index (κ1) is 38.5. The third kappa shape index (κ3) is 12.5. The first-order valence-corrected chi connectivity index (χ1v) is 17.9. The van der Waals surface area contributed by atoms with Gasteiger partial charge in [0.25, 0.3) is 5.78 Å². The summed E-state index contributed by atoms with van der Waals surface area (Å²) in [5, 5.41) is 1.28. The van der Waals surface area contributed by atoms with E-state index in [2.05, 4.69) is 72.7 Å². The number of Topliss-reactive ketones (excluding diaryl/α,β-unsaturated/α-hetero) is 1. The number of aromatic nitrogens is 2. The maximum atomic E-state index is 13.8. The Balaban J connectivity index is 1.29. The second-order valence-electron chi connectivity index (χ2n) is 11.8. The van der Waals surface area contributed by atoms with Crippen LogP contribution in [0.5, 0.6) is 0 Å². The number of allylic oxidation sites excluding steroid dienone is 12. The number of para-hydroxylation sites is 1. The maximum Gasteiger partial charge on any atom is 0.306 e. The number of hydrogen-bond acceptors (Lipinski definition) is 4. The molecule has 0 aliphatic heterocycles. The maximum absolute atomic E-state index is 13.8. The Morgan fingerprint density at radius 2 is 1.25 bits per heavy atom. The van der Waals surface area contributed by atoms with Crippen molar-refractivity contribution in [2.45, 2.75) is 64.8 Å². The van der Waals surface area contributed by atoms with Crippen molar-refractivity contribution in [3.8, 4) is 0 Å². The number of anilines is 1. The van der Waals surface area contributed by atoms with E-state index in [4.69, 9.17) is 11.6 Å². The molecule has 0 aliphatic rings. The van der Waals surface area contributed by atoms with Crippen molar-refractivity contribution in [3.63, 3.8) is 0 Å². The molecular formula is C44H46ClN3O3. The van der Waals surface area contributed by atoms with E-state index in [0.29, 0.717) is 29.1 Å². The molecule has 0 saturated carbocycles. The highest BCUT2D eigenvalue weighted by Gasteiger charge is 2.31. The molecule has 4 aromatic rings. The van der Waals surface area contributed by atoms with Gasteiger partial charge in [0.1, 0.15) is 0 Å². The van der Waals surface area contributed by atoms with Gasteiger partial charge in [0.2, 0.25) is 5.91 Å². The van der Waals surface area contributed by atoms with Crippen LogP contribution in [0.2, 0.25) is 5.02 Å². The monoisotopic (exact) mass is 699 g/mol. The van der Waals surface area contributed by atoms with Gasteiger partial charge in [0.15, 0.2) is 0 Å². The average Bonchev–Trinajstić information content (AvgIpc) is 3.51. The Morgan fingerprint density at radius 1 is 0.706 bits per heavy atom. The third-order valence-corrected chi connectivity index (χ3v) is 8.24. The molecule has 6 nitrogen and oxygen atoms in total. The summed E-state index contributed by atoms with van der Waals surface area (Å²) in [5.41, 5.74) is 2.35. The Morgan fingerprint density at radius 3 is 1.84 bits per heavy atom. The summed E-state index contributed by atoms with van der Waals surface area (Å²) in [6.07, 6.45) is 36.3. The molecule has 0 saturated heterocycles. The molecule has 51 heavy (non-hydrogen) atoms. The lowest BCUT2D eigenvalue weighted by Crippen LogP contribution is -2.41. The van der Waals surface area contributed by atoms with Gasteiger partial charge in [-0.3, -0.25) is 19.4 Å². The van der Waals surface area contributed by atoms with Crippen molar-refractivity contribution in [2.24, 2.45) is 0 Å². The van der Waals surface area contributed by atoms with Crippen molar-refractivity contribution in [1.29, 1.82) is 0 Å². The van der Waals surface area contributed by atoms with Crippen LogP contribution in [0.1, 0.15) is 74.2 Å².